The van der Waals surface area contributed by atoms with Gasteiger partial charge in [0.25, 0.3) is 0 Å². The van der Waals surface area contributed by atoms with Crippen molar-refractivity contribution in [2.75, 3.05) is 6.61 Å². The van der Waals surface area contributed by atoms with Gasteiger partial charge in [0.15, 0.2) is 20.5 Å². The Labute approximate surface area is 191 Å². The smallest absolute Gasteiger partial charge is 0.336 e. The number of aliphatic carboxylic acids is 2. The highest BCUT2D eigenvalue weighted by Crippen LogP contribution is 2.37. The van der Waals surface area contributed by atoms with Gasteiger partial charge in [-0.2, -0.15) is 0 Å². The zero-order chi connectivity index (χ0) is 23.9. The third-order valence-electron chi connectivity index (χ3n) is 6.21. The molecular weight excluding hydrogens is 424 g/mol. The first kappa shape index (κ1) is 26.0. The first-order chi connectivity index (χ1) is 14.9. The predicted octanol–water partition coefficient (Wildman–Crippen LogP) is 5.50. The maximum atomic E-state index is 11.8. The maximum absolute atomic E-state index is 11.8. The summed E-state index contributed by atoms with van der Waals surface area (Å²) in [4.78, 5) is 23.5. The van der Waals surface area contributed by atoms with E-state index < -0.39 is 32.5 Å². The van der Waals surface area contributed by atoms with Gasteiger partial charge in [0.05, 0.1) is 0 Å². The number of aryl methyl sites for hydroxylation is 1. The number of carboxylic acids is 2. The van der Waals surface area contributed by atoms with E-state index in [1.165, 1.54) is 16.3 Å². The second kappa shape index (κ2) is 11.1. The van der Waals surface area contributed by atoms with Crippen LogP contribution < -0.4 is 0 Å². The Morgan fingerprint density at radius 1 is 0.906 bits per heavy atom. The van der Waals surface area contributed by atoms with Crippen molar-refractivity contribution in [2.45, 2.75) is 76.8 Å². The number of hydrogen-bond donors (Lipinski definition) is 2. The Hall–Kier alpha value is -2.22. The van der Waals surface area contributed by atoms with Crippen LogP contribution in [0.4, 0.5) is 0 Å². The van der Waals surface area contributed by atoms with E-state index in [2.05, 4.69) is 30.3 Å². The number of rotatable bonds is 12. The van der Waals surface area contributed by atoms with Crippen molar-refractivity contribution >= 4 is 31.0 Å². The molecule has 0 spiro atoms. The average molecular weight is 461 g/mol. The van der Waals surface area contributed by atoms with Crippen LogP contribution in [0.5, 0.6) is 0 Å². The van der Waals surface area contributed by atoms with Gasteiger partial charge in [0.1, 0.15) is 0 Å². The zero-order valence-electron chi connectivity index (χ0n) is 19.8. The lowest BCUT2D eigenvalue weighted by atomic mass is 10.0. The average Bonchev–Trinajstić information content (AvgIpc) is 2.70. The summed E-state index contributed by atoms with van der Waals surface area (Å²) in [7, 11) is -2.48. The summed E-state index contributed by atoms with van der Waals surface area (Å²) in [6, 6.07) is 14.7. The molecule has 2 rings (SSSR count). The summed E-state index contributed by atoms with van der Waals surface area (Å²) in [6.45, 7) is 9.90. The molecule has 6 nitrogen and oxygen atoms in total. The third-order valence-corrected chi connectivity index (χ3v) is 10.7. The minimum absolute atomic E-state index is 0.180. The van der Waals surface area contributed by atoms with Crippen LogP contribution in [0.2, 0.25) is 18.1 Å². The highest BCUT2D eigenvalue weighted by Gasteiger charge is 2.45. The van der Waals surface area contributed by atoms with Crippen molar-refractivity contribution in [1.29, 1.82) is 0 Å². The highest BCUT2D eigenvalue weighted by molar-refractivity contribution is 6.74. The van der Waals surface area contributed by atoms with Crippen LogP contribution in [0.25, 0.3) is 10.8 Å². The topological polar surface area (TPSA) is 93.1 Å². The third kappa shape index (κ3) is 7.15. The SMILES string of the molecule is CC(C)(C)[Si](C)(C)OC(C(=O)O)C(OCCCCCc1ccc2ccccc2c1)C(=O)O. The van der Waals surface area contributed by atoms with Gasteiger partial charge in [-0.3, -0.25) is 0 Å². The van der Waals surface area contributed by atoms with E-state index in [4.69, 9.17) is 9.16 Å². The van der Waals surface area contributed by atoms with E-state index in [9.17, 15) is 19.8 Å². The zero-order valence-corrected chi connectivity index (χ0v) is 20.8. The molecule has 7 heteroatoms. The number of benzene rings is 2. The van der Waals surface area contributed by atoms with Crippen LogP contribution in [0, 0.1) is 0 Å². The maximum Gasteiger partial charge on any atom is 0.336 e. The molecule has 176 valence electrons. The van der Waals surface area contributed by atoms with E-state index in [1.807, 2.05) is 46.0 Å². The Morgan fingerprint density at radius 3 is 2.12 bits per heavy atom. The lowest BCUT2D eigenvalue weighted by molar-refractivity contribution is -0.169. The van der Waals surface area contributed by atoms with Crippen LogP contribution >= 0.6 is 0 Å². The first-order valence-electron chi connectivity index (χ1n) is 11.1. The fourth-order valence-electron chi connectivity index (χ4n) is 3.24. The van der Waals surface area contributed by atoms with Crippen molar-refractivity contribution in [3.8, 4) is 0 Å². The molecule has 2 unspecified atom stereocenters. The molecule has 0 radical (unpaired) electrons. The van der Waals surface area contributed by atoms with Crippen molar-refractivity contribution in [3.05, 3.63) is 48.0 Å². The molecule has 32 heavy (non-hydrogen) atoms. The molecule has 0 aliphatic carbocycles. The van der Waals surface area contributed by atoms with Gasteiger partial charge in [-0.15, -0.1) is 0 Å². The Kier molecular flexibility index (Phi) is 9.01. The van der Waals surface area contributed by atoms with Crippen LogP contribution in [-0.4, -0.2) is 49.3 Å². The molecule has 0 aliphatic heterocycles. The van der Waals surface area contributed by atoms with Crippen LogP contribution in [-0.2, 0) is 25.2 Å². The number of hydrogen-bond acceptors (Lipinski definition) is 4. The van der Waals surface area contributed by atoms with Crippen LogP contribution in [0.15, 0.2) is 42.5 Å². The number of fused-ring (bicyclic) bond motifs is 1. The van der Waals surface area contributed by atoms with Crippen molar-refractivity contribution < 1.29 is 29.0 Å². The van der Waals surface area contributed by atoms with Crippen molar-refractivity contribution in [3.63, 3.8) is 0 Å². The Balaban J connectivity index is 1.85. The fraction of sp³-hybridized carbons (Fsp3) is 0.520. The van der Waals surface area contributed by atoms with E-state index in [-0.39, 0.29) is 11.6 Å². The van der Waals surface area contributed by atoms with Gasteiger partial charge in [0.2, 0.25) is 0 Å². The summed E-state index contributed by atoms with van der Waals surface area (Å²) in [6.07, 6.45) is 0.346. The molecule has 0 saturated heterocycles. The van der Waals surface area contributed by atoms with Crippen molar-refractivity contribution in [2.24, 2.45) is 0 Å². The largest absolute Gasteiger partial charge is 0.479 e. The molecule has 2 N–H and O–H groups in total. The van der Waals surface area contributed by atoms with E-state index in [1.54, 1.807) is 0 Å². The fourth-order valence-corrected chi connectivity index (χ4v) is 4.45. The summed E-state index contributed by atoms with van der Waals surface area (Å²) in [5.41, 5.74) is 1.27. The summed E-state index contributed by atoms with van der Waals surface area (Å²) >= 11 is 0. The summed E-state index contributed by atoms with van der Waals surface area (Å²) < 4.78 is 11.4. The highest BCUT2D eigenvalue weighted by atomic mass is 28.4. The molecule has 0 aliphatic rings. The monoisotopic (exact) mass is 460 g/mol. The van der Waals surface area contributed by atoms with Gasteiger partial charge >= 0.3 is 11.9 Å². The number of carboxylic acid groups (broad SMARTS) is 2. The standard InChI is InChI=1S/C25H36O6Si/c1-25(2,3)32(4,5)31-22(24(28)29)21(23(26)27)30-16-10-6-7-11-18-14-15-19-12-8-9-13-20(19)17-18/h8-9,12-15,17,21-22H,6-7,10-11,16H2,1-5H3,(H,26,27)(H,28,29). The minimum Gasteiger partial charge on any atom is -0.479 e. The van der Waals surface area contributed by atoms with Gasteiger partial charge < -0.3 is 19.4 Å². The second-order valence-electron chi connectivity index (χ2n) is 9.76. The second-order valence-corrected chi connectivity index (χ2v) is 14.5. The van der Waals surface area contributed by atoms with E-state index in [0.717, 1.165) is 19.3 Å². The molecule has 0 bridgehead atoms. The van der Waals surface area contributed by atoms with Crippen LogP contribution in [0.1, 0.15) is 45.6 Å². The molecule has 2 aromatic rings. The number of unbranched alkanes of at least 4 members (excludes halogenated alkanes) is 2. The van der Waals surface area contributed by atoms with Gasteiger partial charge in [-0.05, 0) is 53.7 Å². The molecule has 2 aromatic carbocycles. The number of carbonyl (C=O) groups is 2. The first-order valence-corrected chi connectivity index (χ1v) is 14.1. The van der Waals surface area contributed by atoms with Crippen LogP contribution in [0.3, 0.4) is 0 Å². The van der Waals surface area contributed by atoms with E-state index >= 15 is 0 Å². The lowest BCUT2D eigenvalue weighted by Crippen LogP contribution is -2.52. The molecule has 0 fully saturated rings. The van der Waals surface area contributed by atoms with Gasteiger partial charge in [-0.25, -0.2) is 9.59 Å². The van der Waals surface area contributed by atoms with Gasteiger partial charge in [-0.1, -0.05) is 69.7 Å². The molecule has 0 heterocycles. The van der Waals surface area contributed by atoms with Crippen molar-refractivity contribution in [1.82, 2.24) is 0 Å². The molecule has 0 saturated carbocycles. The molecule has 2 atom stereocenters. The normalized spacial score (nSPS) is 14.3. The summed E-state index contributed by atoms with van der Waals surface area (Å²) in [5, 5.41) is 21.4. The van der Waals surface area contributed by atoms with E-state index in [0.29, 0.717) is 6.42 Å². The Bertz CT molecular complexity index is 918. The minimum atomic E-state index is -2.48. The predicted molar refractivity (Wildman–Crippen MR) is 129 cm³/mol. The molecular formula is C25H36O6Si. The summed E-state index contributed by atoms with van der Waals surface area (Å²) in [5.74, 6) is -2.62. The molecule has 0 aromatic heterocycles. The quantitative estimate of drug-likeness (QED) is 0.321. The lowest BCUT2D eigenvalue weighted by Gasteiger charge is -2.39. The van der Waals surface area contributed by atoms with Gasteiger partial charge in [0, 0.05) is 6.61 Å². The number of ether oxygens (including phenoxy) is 1. The molecule has 0 amide bonds. The Morgan fingerprint density at radius 2 is 1.53 bits per heavy atom.